The summed E-state index contributed by atoms with van der Waals surface area (Å²) in [5.41, 5.74) is 2.22. The minimum absolute atomic E-state index is 0.0824. The summed E-state index contributed by atoms with van der Waals surface area (Å²) in [6, 6.07) is 5.68. The summed E-state index contributed by atoms with van der Waals surface area (Å²) < 4.78 is 1.77. The Morgan fingerprint density at radius 3 is 2.95 bits per heavy atom. The summed E-state index contributed by atoms with van der Waals surface area (Å²) in [5.74, 6) is 0.608. The second-order valence-electron chi connectivity index (χ2n) is 4.69. The summed E-state index contributed by atoms with van der Waals surface area (Å²) >= 11 is 1.61. The first kappa shape index (κ1) is 11.1. The van der Waals surface area contributed by atoms with Crippen LogP contribution < -0.4 is 0 Å². The summed E-state index contributed by atoms with van der Waals surface area (Å²) in [6.45, 7) is -0.0824. The zero-order valence-corrected chi connectivity index (χ0v) is 11.0. The highest BCUT2D eigenvalue weighted by molar-refractivity contribution is 7.16. The van der Waals surface area contributed by atoms with Crippen molar-refractivity contribution in [3.8, 4) is 11.4 Å². The summed E-state index contributed by atoms with van der Waals surface area (Å²) in [6.07, 6.45) is 4.17. The Hall–Kier alpha value is -1.79. The first-order valence-corrected chi connectivity index (χ1v) is 7.09. The van der Waals surface area contributed by atoms with Crippen LogP contribution >= 0.6 is 11.3 Å². The molecule has 0 radical (unpaired) electrons. The summed E-state index contributed by atoms with van der Waals surface area (Å²) in [4.78, 5) is 9.71. The molecule has 19 heavy (non-hydrogen) atoms. The Kier molecular flexibility index (Phi) is 2.39. The first-order valence-electron chi connectivity index (χ1n) is 6.27. The first-order chi connectivity index (χ1) is 9.36. The van der Waals surface area contributed by atoms with E-state index in [9.17, 15) is 5.11 Å². The van der Waals surface area contributed by atoms with Crippen LogP contribution in [0.2, 0.25) is 0 Å². The summed E-state index contributed by atoms with van der Waals surface area (Å²) in [5, 5.41) is 15.3. The fourth-order valence-corrected chi connectivity index (χ4v) is 3.24. The molecule has 96 valence electrons. The molecule has 0 spiro atoms. The van der Waals surface area contributed by atoms with Crippen molar-refractivity contribution in [2.24, 2.45) is 0 Å². The van der Waals surface area contributed by atoms with E-state index in [1.54, 1.807) is 22.0 Å². The predicted octanol–water partition coefficient (Wildman–Crippen LogP) is 2.22. The van der Waals surface area contributed by atoms with Crippen LogP contribution in [0.1, 0.15) is 29.5 Å². The molecule has 1 aliphatic carbocycles. The van der Waals surface area contributed by atoms with Crippen LogP contribution in [0, 0.1) is 0 Å². The van der Waals surface area contributed by atoms with Crippen LogP contribution in [-0.2, 0) is 6.61 Å². The van der Waals surface area contributed by atoms with Crippen molar-refractivity contribution in [1.82, 2.24) is 19.6 Å². The van der Waals surface area contributed by atoms with E-state index >= 15 is 0 Å². The van der Waals surface area contributed by atoms with Gasteiger partial charge in [0.15, 0.2) is 0 Å². The van der Waals surface area contributed by atoms with Crippen LogP contribution in [0.5, 0.6) is 0 Å². The lowest BCUT2D eigenvalue weighted by molar-refractivity contribution is 0.275. The zero-order chi connectivity index (χ0) is 12.8. The molecule has 1 fully saturated rings. The van der Waals surface area contributed by atoms with Gasteiger partial charge in [-0.3, -0.25) is 4.98 Å². The number of nitrogens with zero attached hydrogens (tertiary/aromatic N) is 4. The van der Waals surface area contributed by atoms with Crippen molar-refractivity contribution in [3.05, 3.63) is 35.1 Å². The highest BCUT2D eigenvalue weighted by Crippen LogP contribution is 2.42. The molecule has 0 bridgehead atoms. The number of hydrogen-bond donors (Lipinski definition) is 1. The van der Waals surface area contributed by atoms with Gasteiger partial charge >= 0.3 is 0 Å². The molecule has 0 unspecified atom stereocenters. The van der Waals surface area contributed by atoms with Crippen LogP contribution in [0.15, 0.2) is 24.4 Å². The number of aliphatic hydroxyl groups is 1. The average Bonchev–Trinajstić information content (AvgIpc) is 3.12. The molecule has 0 saturated heterocycles. The number of aromatic nitrogens is 4. The molecule has 0 amide bonds. The van der Waals surface area contributed by atoms with Crippen molar-refractivity contribution in [1.29, 1.82) is 0 Å². The molecule has 1 N–H and O–H groups in total. The Bertz CT molecular complexity index is 730. The van der Waals surface area contributed by atoms with Crippen molar-refractivity contribution in [2.45, 2.75) is 25.4 Å². The van der Waals surface area contributed by atoms with Crippen molar-refractivity contribution < 1.29 is 5.11 Å². The maximum absolute atomic E-state index is 9.61. The molecule has 3 heterocycles. The molecule has 3 aromatic heterocycles. The molecule has 3 aromatic rings. The van der Waals surface area contributed by atoms with E-state index in [4.69, 9.17) is 0 Å². The molecular formula is C13H12N4OS. The van der Waals surface area contributed by atoms with Gasteiger partial charge in [0, 0.05) is 12.1 Å². The fraction of sp³-hybridized carbons (Fsp3) is 0.308. The Labute approximate surface area is 113 Å². The molecule has 4 rings (SSSR count). The third-order valence-corrected chi connectivity index (χ3v) is 4.37. The lowest BCUT2D eigenvalue weighted by atomic mass is 10.2. The number of hydrogen-bond acceptors (Lipinski definition) is 5. The van der Waals surface area contributed by atoms with E-state index in [1.807, 2.05) is 18.2 Å². The second-order valence-corrected chi connectivity index (χ2v) is 5.68. The largest absolute Gasteiger partial charge is 0.390 e. The van der Waals surface area contributed by atoms with E-state index in [2.05, 4.69) is 15.1 Å². The molecule has 6 heteroatoms. The van der Waals surface area contributed by atoms with Gasteiger partial charge in [-0.25, -0.2) is 9.50 Å². The van der Waals surface area contributed by atoms with Crippen molar-refractivity contribution in [3.63, 3.8) is 0 Å². The Balaban J connectivity index is 1.89. The highest BCUT2D eigenvalue weighted by atomic mass is 32.1. The second kappa shape index (κ2) is 4.11. The molecule has 1 saturated carbocycles. The van der Waals surface area contributed by atoms with Crippen LogP contribution in [-0.4, -0.2) is 24.7 Å². The fourth-order valence-electron chi connectivity index (χ4n) is 2.15. The number of pyridine rings is 1. The van der Waals surface area contributed by atoms with Gasteiger partial charge in [0.1, 0.15) is 10.7 Å². The third kappa shape index (κ3) is 1.75. The van der Waals surface area contributed by atoms with Gasteiger partial charge in [-0.15, -0.1) is 0 Å². The monoisotopic (exact) mass is 272 g/mol. The van der Waals surface area contributed by atoms with E-state index in [-0.39, 0.29) is 6.61 Å². The van der Waals surface area contributed by atoms with Gasteiger partial charge in [-0.1, -0.05) is 17.4 Å². The van der Waals surface area contributed by atoms with Crippen LogP contribution in [0.3, 0.4) is 0 Å². The van der Waals surface area contributed by atoms with Gasteiger partial charge < -0.3 is 5.11 Å². The average molecular weight is 272 g/mol. The van der Waals surface area contributed by atoms with Gasteiger partial charge in [0.05, 0.1) is 18.0 Å². The summed E-state index contributed by atoms with van der Waals surface area (Å²) in [7, 11) is 0. The van der Waals surface area contributed by atoms with E-state index < -0.39 is 0 Å². The van der Waals surface area contributed by atoms with E-state index in [0.717, 1.165) is 27.1 Å². The third-order valence-electron chi connectivity index (χ3n) is 3.30. The van der Waals surface area contributed by atoms with Gasteiger partial charge in [-0.05, 0) is 25.0 Å². The number of fused-ring (bicyclic) bond motifs is 1. The van der Waals surface area contributed by atoms with Crippen LogP contribution in [0.25, 0.3) is 16.3 Å². The molecule has 5 nitrogen and oxygen atoms in total. The van der Waals surface area contributed by atoms with Crippen molar-refractivity contribution in [2.75, 3.05) is 0 Å². The molecule has 0 aromatic carbocycles. The SMILES string of the molecule is OCc1c(-c2ccccn2)nc2sc(C3CC3)nn12. The number of rotatable bonds is 3. The lowest BCUT2D eigenvalue weighted by Crippen LogP contribution is -1.97. The van der Waals surface area contributed by atoms with Gasteiger partial charge in [0.2, 0.25) is 4.96 Å². The number of imidazole rings is 1. The zero-order valence-electron chi connectivity index (χ0n) is 10.2. The lowest BCUT2D eigenvalue weighted by Gasteiger charge is -1.99. The molecule has 0 aliphatic heterocycles. The quantitative estimate of drug-likeness (QED) is 0.794. The highest BCUT2D eigenvalue weighted by Gasteiger charge is 2.29. The normalized spacial score (nSPS) is 15.2. The van der Waals surface area contributed by atoms with Crippen molar-refractivity contribution >= 4 is 16.3 Å². The molecule has 1 aliphatic rings. The molecular weight excluding hydrogens is 260 g/mol. The molecule has 0 atom stereocenters. The van der Waals surface area contributed by atoms with Gasteiger partial charge in [-0.2, -0.15) is 5.10 Å². The topological polar surface area (TPSA) is 63.3 Å². The maximum atomic E-state index is 9.61. The smallest absolute Gasteiger partial charge is 0.213 e. The van der Waals surface area contributed by atoms with E-state index in [1.165, 1.54) is 12.8 Å². The van der Waals surface area contributed by atoms with Gasteiger partial charge in [0.25, 0.3) is 0 Å². The Morgan fingerprint density at radius 1 is 1.37 bits per heavy atom. The standard InChI is InChI=1S/C13H12N4OS/c18-7-10-11(9-3-1-2-6-14-9)15-13-17(10)16-12(19-13)8-4-5-8/h1-3,6,8,18H,4-5,7H2. The maximum Gasteiger partial charge on any atom is 0.213 e. The van der Waals surface area contributed by atoms with E-state index in [0.29, 0.717) is 5.92 Å². The predicted molar refractivity (Wildman–Crippen MR) is 72.0 cm³/mol. The number of aliphatic hydroxyl groups excluding tert-OH is 1. The minimum Gasteiger partial charge on any atom is -0.390 e. The minimum atomic E-state index is -0.0824. The Morgan fingerprint density at radius 2 is 2.26 bits per heavy atom. The van der Waals surface area contributed by atoms with Crippen LogP contribution in [0.4, 0.5) is 0 Å².